The zero-order chi connectivity index (χ0) is 22.1. The van der Waals surface area contributed by atoms with Crippen LogP contribution in [0.25, 0.3) is 11.0 Å². The lowest BCUT2D eigenvalue weighted by molar-refractivity contribution is -0.0697. The Morgan fingerprint density at radius 1 is 1.19 bits per heavy atom. The summed E-state index contributed by atoms with van der Waals surface area (Å²) >= 11 is 0. The van der Waals surface area contributed by atoms with E-state index in [1.54, 1.807) is 48.8 Å². The normalized spacial score (nSPS) is 20.0. The molecule has 1 amide bonds. The van der Waals surface area contributed by atoms with Gasteiger partial charge in [0, 0.05) is 29.1 Å². The summed E-state index contributed by atoms with van der Waals surface area (Å²) in [5.41, 5.74) is 1.19. The van der Waals surface area contributed by atoms with Crippen LogP contribution in [0.5, 0.6) is 0 Å². The van der Waals surface area contributed by atoms with Crippen LogP contribution in [0.4, 0.5) is 0 Å². The molecule has 2 fully saturated rings. The lowest BCUT2D eigenvalue weighted by Gasteiger charge is -2.42. The molecule has 0 radical (unpaired) electrons. The Balaban J connectivity index is 1.18. The van der Waals surface area contributed by atoms with Gasteiger partial charge in [0.25, 0.3) is 5.91 Å². The molecule has 0 spiro atoms. The van der Waals surface area contributed by atoms with Crippen molar-refractivity contribution in [2.24, 2.45) is 0 Å². The summed E-state index contributed by atoms with van der Waals surface area (Å²) in [4.78, 5) is 29.6. The molecular weight excluding hydrogens is 429 g/mol. The summed E-state index contributed by atoms with van der Waals surface area (Å²) in [6.45, 7) is 3.52. The van der Waals surface area contributed by atoms with E-state index in [1.165, 1.54) is 0 Å². The number of carbonyl (C=O) groups excluding carboxylic acids is 1. The van der Waals surface area contributed by atoms with E-state index < -0.39 is 7.37 Å². The van der Waals surface area contributed by atoms with Crippen LogP contribution in [0.2, 0.25) is 0 Å². The monoisotopic (exact) mass is 455 g/mol. The van der Waals surface area contributed by atoms with E-state index in [0.29, 0.717) is 23.5 Å². The highest BCUT2D eigenvalue weighted by atomic mass is 31.2. The molecule has 2 aliphatic heterocycles. The summed E-state index contributed by atoms with van der Waals surface area (Å²) in [5.74, 6) is -0.0917. The summed E-state index contributed by atoms with van der Waals surface area (Å²) < 4.78 is 24.0. The highest BCUT2D eigenvalue weighted by Gasteiger charge is 2.38. The van der Waals surface area contributed by atoms with E-state index in [2.05, 4.69) is 15.2 Å². The van der Waals surface area contributed by atoms with Crippen LogP contribution in [0.15, 0.2) is 53.2 Å². The fraction of sp³-hybridized carbons (Fsp3) is 0.391. The molecule has 1 atom stereocenters. The zero-order valence-electron chi connectivity index (χ0n) is 17.6. The minimum atomic E-state index is -3.46. The number of nitrogens with zero attached hydrogens (tertiary/aromatic N) is 2. The number of furan rings is 1. The van der Waals surface area contributed by atoms with Crippen molar-refractivity contribution < 1.29 is 23.4 Å². The van der Waals surface area contributed by atoms with Gasteiger partial charge >= 0.3 is 0 Å². The highest BCUT2D eigenvalue weighted by molar-refractivity contribution is 7.66. The molecule has 0 saturated carbocycles. The second-order valence-corrected chi connectivity index (χ2v) is 10.9. The van der Waals surface area contributed by atoms with Gasteiger partial charge in [-0.3, -0.25) is 19.2 Å². The molecule has 0 bridgehead atoms. The van der Waals surface area contributed by atoms with Crippen molar-refractivity contribution in [2.45, 2.75) is 31.1 Å². The number of nitrogens with one attached hydrogen (secondary N) is 1. The number of hydrogen-bond donors (Lipinski definition) is 2. The Morgan fingerprint density at radius 2 is 1.94 bits per heavy atom. The number of rotatable bonds is 6. The molecule has 5 rings (SSSR count). The summed E-state index contributed by atoms with van der Waals surface area (Å²) in [6.07, 6.45) is 4.65. The van der Waals surface area contributed by atoms with E-state index in [0.717, 1.165) is 50.1 Å². The fourth-order valence-corrected chi connectivity index (χ4v) is 6.27. The van der Waals surface area contributed by atoms with E-state index >= 15 is 0 Å². The van der Waals surface area contributed by atoms with Crippen LogP contribution >= 0.6 is 7.37 Å². The van der Waals surface area contributed by atoms with Crippen molar-refractivity contribution in [3.8, 4) is 0 Å². The molecule has 1 aromatic carbocycles. The predicted molar refractivity (Wildman–Crippen MR) is 120 cm³/mol. The maximum Gasteiger partial charge on any atom is 0.287 e. The maximum absolute atomic E-state index is 13.2. The molecule has 9 heteroatoms. The third kappa shape index (κ3) is 4.24. The van der Waals surface area contributed by atoms with Crippen molar-refractivity contribution in [2.75, 3.05) is 26.3 Å². The molecule has 8 nitrogen and oxygen atoms in total. The highest BCUT2D eigenvalue weighted by Crippen LogP contribution is 2.49. The van der Waals surface area contributed by atoms with Crippen LogP contribution < -0.4 is 10.6 Å². The van der Waals surface area contributed by atoms with Crippen molar-refractivity contribution in [3.05, 3.63) is 60.1 Å². The molecule has 2 aliphatic rings. The molecule has 4 heterocycles. The van der Waals surface area contributed by atoms with E-state index in [9.17, 15) is 14.3 Å². The Kier molecular flexibility index (Phi) is 5.86. The standard InChI is InChI=1S/C23H26N3O5P/c27-23(21-11-17-5-8-24-13-22(17)31-21)25-12-16-1-3-19(4-2-16)32(28,29)20-6-9-26(10-7-20)18-14-30-15-18/h1-5,8,11,13,18,20H,6-7,9-10,12,14-15H2,(H,25,27)(H,28,29). The van der Waals surface area contributed by atoms with Gasteiger partial charge in [0.1, 0.15) is 0 Å². The van der Waals surface area contributed by atoms with Gasteiger partial charge in [0.15, 0.2) is 11.3 Å². The van der Waals surface area contributed by atoms with Crippen LogP contribution in [0.1, 0.15) is 29.0 Å². The first-order valence-corrected chi connectivity index (χ1v) is 12.6. The minimum Gasteiger partial charge on any atom is -0.449 e. The van der Waals surface area contributed by atoms with Gasteiger partial charge in [-0.2, -0.15) is 0 Å². The van der Waals surface area contributed by atoms with Crippen molar-refractivity contribution >= 4 is 29.5 Å². The first kappa shape index (κ1) is 21.3. The smallest absolute Gasteiger partial charge is 0.287 e. The number of hydrogen-bond acceptors (Lipinski definition) is 6. The second kappa shape index (κ2) is 8.79. The van der Waals surface area contributed by atoms with Gasteiger partial charge < -0.3 is 19.4 Å². The average molecular weight is 455 g/mol. The lowest BCUT2D eigenvalue weighted by atomic mass is 10.1. The number of ether oxygens (including phenoxy) is 1. The van der Waals surface area contributed by atoms with Crippen LogP contribution in [-0.4, -0.2) is 58.7 Å². The molecule has 2 aromatic heterocycles. The largest absolute Gasteiger partial charge is 0.449 e. The Labute approximate surface area is 186 Å². The molecule has 2 N–H and O–H groups in total. The minimum absolute atomic E-state index is 0.215. The van der Waals surface area contributed by atoms with E-state index in [4.69, 9.17) is 9.15 Å². The molecule has 32 heavy (non-hydrogen) atoms. The number of benzene rings is 1. The quantitative estimate of drug-likeness (QED) is 0.551. The van der Waals surface area contributed by atoms with Gasteiger partial charge in [0.2, 0.25) is 7.37 Å². The van der Waals surface area contributed by atoms with Crippen molar-refractivity contribution in [3.63, 3.8) is 0 Å². The molecule has 0 aliphatic carbocycles. The van der Waals surface area contributed by atoms with Gasteiger partial charge in [-0.25, -0.2) is 0 Å². The number of likely N-dealkylation sites (tertiary alicyclic amines) is 1. The molecule has 2 saturated heterocycles. The van der Waals surface area contributed by atoms with Crippen molar-refractivity contribution in [1.29, 1.82) is 0 Å². The van der Waals surface area contributed by atoms with Gasteiger partial charge in [-0.1, -0.05) is 12.1 Å². The number of aromatic nitrogens is 1. The third-order valence-electron chi connectivity index (χ3n) is 6.44. The fourth-order valence-electron chi connectivity index (χ4n) is 4.34. The predicted octanol–water partition coefficient (Wildman–Crippen LogP) is 2.52. The third-order valence-corrected chi connectivity index (χ3v) is 8.98. The van der Waals surface area contributed by atoms with Gasteiger partial charge in [-0.15, -0.1) is 0 Å². The summed E-state index contributed by atoms with van der Waals surface area (Å²) in [6, 6.07) is 10.9. The molecular formula is C23H26N3O5P. The maximum atomic E-state index is 13.2. The van der Waals surface area contributed by atoms with Gasteiger partial charge in [0.05, 0.1) is 25.5 Å². The molecule has 1 unspecified atom stereocenters. The Morgan fingerprint density at radius 3 is 2.59 bits per heavy atom. The number of pyridine rings is 1. The number of carbonyl (C=O) groups is 1. The summed E-state index contributed by atoms with van der Waals surface area (Å²) in [5, 5.41) is 4.12. The van der Waals surface area contributed by atoms with Crippen LogP contribution in [0, 0.1) is 0 Å². The number of fused-ring (bicyclic) bond motifs is 1. The Hall–Kier alpha value is -2.51. The van der Waals surface area contributed by atoms with E-state index in [-0.39, 0.29) is 17.3 Å². The zero-order valence-corrected chi connectivity index (χ0v) is 18.5. The lowest BCUT2D eigenvalue weighted by Crippen LogP contribution is -2.52. The summed E-state index contributed by atoms with van der Waals surface area (Å²) in [7, 11) is -3.46. The Bertz CT molecular complexity index is 1120. The first-order valence-electron chi connectivity index (χ1n) is 10.9. The van der Waals surface area contributed by atoms with Crippen molar-refractivity contribution in [1.82, 2.24) is 15.2 Å². The number of piperidine rings is 1. The molecule has 168 valence electrons. The van der Waals surface area contributed by atoms with Crippen LogP contribution in [-0.2, 0) is 15.8 Å². The second-order valence-electron chi connectivity index (χ2n) is 8.45. The molecule has 3 aromatic rings. The van der Waals surface area contributed by atoms with Gasteiger partial charge in [-0.05, 0) is 55.8 Å². The first-order chi connectivity index (χ1) is 15.5. The van der Waals surface area contributed by atoms with Crippen LogP contribution in [0.3, 0.4) is 0 Å². The number of amides is 1. The average Bonchev–Trinajstić information content (AvgIpc) is 3.21. The SMILES string of the molecule is O=C(NCc1ccc(P(=O)(O)C2CCN(C3COC3)CC2)cc1)c1cc2ccncc2o1. The topological polar surface area (TPSA) is 105 Å². The van der Waals surface area contributed by atoms with E-state index in [1.807, 2.05) is 0 Å².